The summed E-state index contributed by atoms with van der Waals surface area (Å²) in [5.74, 6) is 0.939. The van der Waals surface area contributed by atoms with Crippen molar-refractivity contribution in [2.24, 2.45) is 7.05 Å². The number of rotatable bonds is 7. The molecular formula is C14H27N3O. The lowest BCUT2D eigenvalue weighted by Crippen LogP contribution is -2.55. The molecule has 4 nitrogen and oxygen atoms in total. The normalized spacial score (nSPS) is 16.8. The van der Waals surface area contributed by atoms with E-state index in [0.717, 1.165) is 25.3 Å². The van der Waals surface area contributed by atoms with Crippen molar-refractivity contribution in [2.75, 3.05) is 13.1 Å². The topological polar surface area (TPSA) is 41.3 Å². The minimum atomic E-state index is -0.400. The molecule has 1 rings (SSSR count). The average Bonchev–Trinajstić information content (AvgIpc) is 2.76. The predicted octanol–water partition coefficient (Wildman–Crippen LogP) is 1.83. The van der Waals surface area contributed by atoms with Crippen molar-refractivity contribution >= 4 is 0 Å². The van der Waals surface area contributed by atoms with E-state index in [2.05, 4.69) is 37.6 Å². The first-order chi connectivity index (χ1) is 8.49. The van der Waals surface area contributed by atoms with Gasteiger partial charge in [0.1, 0.15) is 5.82 Å². The fourth-order valence-electron chi connectivity index (χ4n) is 2.60. The Bertz CT molecular complexity index is 360. The Morgan fingerprint density at radius 1 is 1.39 bits per heavy atom. The Balaban J connectivity index is 2.84. The zero-order chi connectivity index (χ0) is 13.8. The van der Waals surface area contributed by atoms with Crippen molar-refractivity contribution < 1.29 is 5.11 Å². The van der Waals surface area contributed by atoms with Gasteiger partial charge < -0.3 is 9.67 Å². The van der Waals surface area contributed by atoms with Gasteiger partial charge in [0.05, 0.1) is 6.10 Å². The molecule has 0 fully saturated rings. The second-order valence-electron chi connectivity index (χ2n) is 5.06. The lowest BCUT2D eigenvalue weighted by molar-refractivity contribution is -0.0202. The maximum atomic E-state index is 10.6. The van der Waals surface area contributed by atoms with E-state index in [9.17, 15) is 5.11 Å². The molecule has 1 heterocycles. The second-order valence-corrected chi connectivity index (χ2v) is 5.06. The molecule has 0 saturated carbocycles. The van der Waals surface area contributed by atoms with Gasteiger partial charge in [-0.25, -0.2) is 4.98 Å². The first-order valence-electron chi connectivity index (χ1n) is 6.88. The molecule has 0 bridgehead atoms. The van der Waals surface area contributed by atoms with E-state index in [4.69, 9.17) is 0 Å². The largest absolute Gasteiger partial charge is 0.391 e. The Labute approximate surface area is 111 Å². The van der Waals surface area contributed by atoms with E-state index in [1.807, 2.05) is 17.8 Å². The fourth-order valence-corrected chi connectivity index (χ4v) is 2.60. The summed E-state index contributed by atoms with van der Waals surface area (Å²) in [4.78, 5) is 6.63. The summed E-state index contributed by atoms with van der Waals surface area (Å²) < 4.78 is 1.97. The first kappa shape index (κ1) is 15.2. The van der Waals surface area contributed by atoms with E-state index >= 15 is 0 Å². The molecule has 0 aliphatic rings. The number of aliphatic hydroxyl groups excluding tert-OH is 1. The number of nitrogens with zero attached hydrogens (tertiary/aromatic N) is 3. The monoisotopic (exact) mass is 253 g/mol. The highest BCUT2D eigenvalue weighted by Crippen LogP contribution is 2.25. The van der Waals surface area contributed by atoms with Crippen molar-refractivity contribution in [3.05, 3.63) is 18.2 Å². The van der Waals surface area contributed by atoms with Gasteiger partial charge in [0.15, 0.2) is 0 Å². The van der Waals surface area contributed by atoms with Crippen LogP contribution in [0.25, 0.3) is 0 Å². The average molecular weight is 253 g/mol. The Hall–Kier alpha value is -0.870. The summed E-state index contributed by atoms with van der Waals surface area (Å²) in [6.07, 6.45) is 4.83. The third kappa shape index (κ3) is 2.93. The van der Waals surface area contributed by atoms with Gasteiger partial charge in [-0.1, -0.05) is 20.8 Å². The molecule has 104 valence electrons. The first-order valence-corrected chi connectivity index (χ1v) is 6.88. The third-order valence-electron chi connectivity index (χ3n) is 4.22. The molecule has 0 saturated heterocycles. The molecule has 1 aromatic heterocycles. The number of aliphatic hydroxyl groups is 1. The quantitative estimate of drug-likeness (QED) is 0.806. The van der Waals surface area contributed by atoms with Gasteiger partial charge in [-0.2, -0.15) is 0 Å². The SMILES string of the molecule is CCN(CC)C(C)(CC)C(O)Cc1nccn1C. The van der Waals surface area contributed by atoms with Crippen molar-refractivity contribution in [2.45, 2.75) is 52.2 Å². The Kier molecular flexibility index (Phi) is 5.35. The van der Waals surface area contributed by atoms with Crippen molar-refractivity contribution in [3.63, 3.8) is 0 Å². The van der Waals surface area contributed by atoms with Gasteiger partial charge in [0, 0.05) is 31.4 Å². The van der Waals surface area contributed by atoms with Gasteiger partial charge >= 0.3 is 0 Å². The molecule has 2 atom stereocenters. The maximum Gasteiger partial charge on any atom is 0.111 e. The molecule has 0 aromatic carbocycles. The third-order valence-corrected chi connectivity index (χ3v) is 4.22. The van der Waals surface area contributed by atoms with Crippen molar-refractivity contribution in [1.29, 1.82) is 0 Å². The highest BCUT2D eigenvalue weighted by atomic mass is 16.3. The number of hydrogen-bond acceptors (Lipinski definition) is 3. The molecule has 1 aromatic rings. The van der Waals surface area contributed by atoms with Crippen molar-refractivity contribution in [3.8, 4) is 0 Å². The number of aromatic nitrogens is 2. The van der Waals surface area contributed by atoms with Crippen LogP contribution in [0.2, 0.25) is 0 Å². The molecule has 0 aliphatic carbocycles. The molecule has 0 spiro atoms. The van der Waals surface area contributed by atoms with Crippen LogP contribution in [0, 0.1) is 0 Å². The van der Waals surface area contributed by atoms with Crippen LogP contribution in [0.4, 0.5) is 0 Å². The molecule has 0 aliphatic heterocycles. The lowest BCUT2D eigenvalue weighted by atomic mass is 9.87. The summed E-state index contributed by atoms with van der Waals surface area (Å²) in [5.41, 5.74) is -0.185. The summed E-state index contributed by atoms with van der Waals surface area (Å²) in [6.45, 7) is 10.5. The zero-order valence-electron chi connectivity index (χ0n) is 12.3. The van der Waals surface area contributed by atoms with Crippen LogP contribution in [0.15, 0.2) is 12.4 Å². The van der Waals surface area contributed by atoms with Crippen LogP contribution in [0.1, 0.15) is 39.9 Å². The van der Waals surface area contributed by atoms with Crippen LogP contribution >= 0.6 is 0 Å². The highest BCUT2D eigenvalue weighted by molar-refractivity contribution is 5.00. The number of aryl methyl sites for hydroxylation is 1. The number of likely N-dealkylation sites (N-methyl/N-ethyl adjacent to an activating group) is 1. The predicted molar refractivity (Wildman–Crippen MR) is 74.5 cm³/mol. The van der Waals surface area contributed by atoms with Crippen LogP contribution in [-0.2, 0) is 13.5 Å². The van der Waals surface area contributed by atoms with Crippen LogP contribution in [-0.4, -0.2) is 44.3 Å². The standard InChI is InChI=1S/C14H27N3O/c1-6-14(4,17(7-2)8-3)12(18)11-13-15-9-10-16(13)5/h9-10,12,18H,6-8,11H2,1-5H3. The minimum Gasteiger partial charge on any atom is -0.391 e. The van der Waals surface area contributed by atoms with E-state index in [-0.39, 0.29) is 5.54 Å². The fraction of sp³-hybridized carbons (Fsp3) is 0.786. The second kappa shape index (κ2) is 6.34. The molecule has 0 radical (unpaired) electrons. The summed E-state index contributed by atoms with van der Waals surface area (Å²) >= 11 is 0. The molecule has 18 heavy (non-hydrogen) atoms. The van der Waals surface area contributed by atoms with Gasteiger partial charge in [-0.05, 0) is 26.4 Å². The summed E-state index contributed by atoms with van der Waals surface area (Å²) in [6, 6.07) is 0. The van der Waals surface area contributed by atoms with Crippen LogP contribution < -0.4 is 0 Å². The van der Waals surface area contributed by atoms with E-state index in [0.29, 0.717) is 6.42 Å². The molecule has 0 amide bonds. The van der Waals surface area contributed by atoms with Crippen LogP contribution in [0.3, 0.4) is 0 Å². The van der Waals surface area contributed by atoms with E-state index in [1.54, 1.807) is 6.20 Å². The Morgan fingerprint density at radius 2 is 2.00 bits per heavy atom. The number of imidazole rings is 1. The van der Waals surface area contributed by atoms with E-state index < -0.39 is 6.10 Å². The van der Waals surface area contributed by atoms with Crippen LogP contribution in [0.5, 0.6) is 0 Å². The molecule has 2 unspecified atom stereocenters. The smallest absolute Gasteiger partial charge is 0.111 e. The van der Waals surface area contributed by atoms with Gasteiger partial charge in [-0.15, -0.1) is 0 Å². The van der Waals surface area contributed by atoms with E-state index in [1.165, 1.54) is 0 Å². The van der Waals surface area contributed by atoms with Gasteiger partial charge in [-0.3, -0.25) is 4.90 Å². The van der Waals surface area contributed by atoms with Gasteiger partial charge in [0.2, 0.25) is 0 Å². The molecule has 1 N–H and O–H groups in total. The summed E-state index contributed by atoms with van der Waals surface area (Å²) in [7, 11) is 1.97. The molecular weight excluding hydrogens is 226 g/mol. The lowest BCUT2D eigenvalue weighted by Gasteiger charge is -2.43. The van der Waals surface area contributed by atoms with Crippen molar-refractivity contribution in [1.82, 2.24) is 14.5 Å². The Morgan fingerprint density at radius 3 is 2.39 bits per heavy atom. The zero-order valence-corrected chi connectivity index (χ0v) is 12.3. The maximum absolute atomic E-state index is 10.6. The minimum absolute atomic E-state index is 0.185. The summed E-state index contributed by atoms with van der Waals surface area (Å²) in [5, 5.41) is 10.6. The van der Waals surface area contributed by atoms with Gasteiger partial charge in [0.25, 0.3) is 0 Å². The highest BCUT2D eigenvalue weighted by Gasteiger charge is 2.36. The molecule has 4 heteroatoms. The number of hydrogen-bond donors (Lipinski definition) is 1.